The Hall–Kier alpha value is -2.65. The van der Waals surface area contributed by atoms with E-state index in [0.717, 1.165) is 5.69 Å². The molecule has 2 aliphatic rings. The Labute approximate surface area is 157 Å². The fourth-order valence-electron chi connectivity index (χ4n) is 3.49. The van der Waals surface area contributed by atoms with Crippen LogP contribution in [0.1, 0.15) is 16.2 Å². The molecule has 0 spiro atoms. The molecule has 2 aromatic heterocycles. The molecule has 0 bridgehead atoms. The predicted octanol–water partition coefficient (Wildman–Crippen LogP) is -0.221. The number of ether oxygens (including phenoxy) is 1. The molecule has 0 unspecified atom stereocenters. The third kappa shape index (κ3) is 4.04. The van der Waals surface area contributed by atoms with E-state index in [1.807, 2.05) is 4.90 Å². The zero-order chi connectivity index (χ0) is 18.6. The van der Waals surface area contributed by atoms with E-state index in [0.29, 0.717) is 57.3 Å². The molecule has 142 valence electrons. The number of nitrogens with zero attached hydrogens (tertiary/aromatic N) is 6. The van der Waals surface area contributed by atoms with Crippen molar-refractivity contribution in [1.82, 2.24) is 24.8 Å². The number of aliphatic hydroxyl groups excluding tert-OH is 1. The molecule has 2 aliphatic heterocycles. The van der Waals surface area contributed by atoms with E-state index in [4.69, 9.17) is 4.74 Å². The highest BCUT2D eigenvalue weighted by Crippen LogP contribution is 2.25. The Balaban J connectivity index is 1.45. The molecule has 0 aliphatic carbocycles. The molecule has 2 atom stereocenters. The van der Waals surface area contributed by atoms with Crippen LogP contribution in [0.2, 0.25) is 0 Å². The normalized spacial score (nSPS) is 22.9. The molecular formula is C18H22N6O3. The van der Waals surface area contributed by atoms with E-state index in [9.17, 15) is 9.90 Å². The van der Waals surface area contributed by atoms with Crippen molar-refractivity contribution in [3.8, 4) is 0 Å². The Morgan fingerprint density at radius 1 is 1.15 bits per heavy atom. The average molecular weight is 370 g/mol. The number of amides is 1. The topological polar surface area (TPSA) is 105 Å². The van der Waals surface area contributed by atoms with Gasteiger partial charge in [0.25, 0.3) is 5.91 Å². The first-order valence-corrected chi connectivity index (χ1v) is 9.07. The second-order valence-electron chi connectivity index (χ2n) is 6.80. The maximum absolute atomic E-state index is 12.6. The fraction of sp³-hybridized carbons (Fsp3) is 0.500. The van der Waals surface area contributed by atoms with Gasteiger partial charge in [-0.05, 0) is 6.42 Å². The van der Waals surface area contributed by atoms with Gasteiger partial charge in [-0.3, -0.25) is 19.7 Å². The van der Waals surface area contributed by atoms with Crippen molar-refractivity contribution in [3.05, 3.63) is 42.4 Å². The minimum atomic E-state index is -0.493. The zero-order valence-corrected chi connectivity index (χ0v) is 14.9. The van der Waals surface area contributed by atoms with Gasteiger partial charge in [-0.1, -0.05) is 0 Å². The molecule has 0 saturated carbocycles. The van der Waals surface area contributed by atoms with Crippen molar-refractivity contribution in [2.45, 2.75) is 12.5 Å². The molecule has 1 amide bonds. The van der Waals surface area contributed by atoms with Gasteiger partial charge in [0.2, 0.25) is 0 Å². The second kappa shape index (κ2) is 7.93. The summed E-state index contributed by atoms with van der Waals surface area (Å²) in [4.78, 5) is 33.4. The van der Waals surface area contributed by atoms with Crippen LogP contribution in [-0.2, 0) is 11.2 Å². The summed E-state index contributed by atoms with van der Waals surface area (Å²) < 4.78 is 5.29. The van der Waals surface area contributed by atoms with E-state index in [1.165, 1.54) is 6.20 Å². The Bertz CT molecular complexity index is 784. The van der Waals surface area contributed by atoms with Crippen LogP contribution in [0.4, 0.5) is 5.82 Å². The van der Waals surface area contributed by atoms with Crippen LogP contribution in [0, 0.1) is 5.92 Å². The minimum absolute atomic E-state index is 0.0297. The zero-order valence-electron chi connectivity index (χ0n) is 14.9. The SMILES string of the molecule is O=C(c1cncc(N2C[C@@H](Cc3cnccn3)[C@H](O)C2)n1)N1CCOCC1. The van der Waals surface area contributed by atoms with Gasteiger partial charge in [-0.2, -0.15) is 0 Å². The summed E-state index contributed by atoms with van der Waals surface area (Å²) in [5.41, 5.74) is 1.17. The fourth-order valence-corrected chi connectivity index (χ4v) is 3.49. The molecule has 2 fully saturated rings. The summed E-state index contributed by atoms with van der Waals surface area (Å²) in [5.74, 6) is 0.500. The Morgan fingerprint density at radius 3 is 2.78 bits per heavy atom. The van der Waals surface area contributed by atoms with Gasteiger partial charge in [0.1, 0.15) is 11.5 Å². The summed E-state index contributed by atoms with van der Waals surface area (Å²) in [6.45, 7) is 3.29. The van der Waals surface area contributed by atoms with Crippen molar-refractivity contribution >= 4 is 11.7 Å². The van der Waals surface area contributed by atoms with Crippen LogP contribution in [0.5, 0.6) is 0 Å². The van der Waals surface area contributed by atoms with Gasteiger partial charge in [-0.15, -0.1) is 0 Å². The van der Waals surface area contributed by atoms with Crippen molar-refractivity contribution in [2.24, 2.45) is 5.92 Å². The van der Waals surface area contributed by atoms with E-state index < -0.39 is 6.10 Å². The maximum Gasteiger partial charge on any atom is 0.274 e. The lowest BCUT2D eigenvalue weighted by Gasteiger charge is -2.26. The van der Waals surface area contributed by atoms with E-state index in [-0.39, 0.29) is 11.8 Å². The largest absolute Gasteiger partial charge is 0.391 e. The Kier molecular flexibility index (Phi) is 5.21. The molecular weight excluding hydrogens is 348 g/mol. The summed E-state index contributed by atoms with van der Waals surface area (Å²) in [5, 5.41) is 10.4. The van der Waals surface area contributed by atoms with Gasteiger partial charge >= 0.3 is 0 Å². The predicted molar refractivity (Wildman–Crippen MR) is 96.2 cm³/mol. The van der Waals surface area contributed by atoms with Crippen LogP contribution in [-0.4, -0.2) is 81.3 Å². The van der Waals surface area contributed by atoms with Gasteiger partial charge in [0.05, 0.1) is 37.4 Å². The van der Waals surface area contributed by atoms with Gasteiger partial charge in [-0.25, -0.2) is 4.98 Å². The number of β-amino-alcohol motifs (C(OH)–C–C–N with tert-alkyl or cyclic N) is 1. The number of hydrogen-bond acceptors (Lipinski definition) is 8. The molecule has 2 aromatic rings. The lowest BCUT2D eigenvalue weighted by atomic mass is 10.0. The number of carbonyl (C=O) groups excluding carboxylic acids is 1. The number of aromatic nitrogens is 4. The summed E-state index contributed by atoms with van der Waals surface area (Å²) in [6.07, 6.45) is 8.28. The molecule has 0 aromatic carbocycles. The number of morpholine rings is 1. The minimum Gasteiger partial charge on any atom is -0.391 e. The number of anilines is 1. The van der Waals surface area contributed by atoms with Crippen molar-refractivity contribution in [2.75, 3.05) is 44.3 Å². The molecule has 9 heteroatoms. The van der Waals surface area contributed by atoms with E-state index >= 15 is 0 Å². The first-order chi connectivity index (χ1) is 13.2. The average Bonchev–Trinajstić information content (AvgIpc) is 3.09. The molecule has 4 rings (SSSR count). The number of hydrogen-bond donors (Lipinski definition) is 1. The Morgan fingerprint density at radius 2 is 2.00 bits per heavy atom. The third-order valence-electron chi connectivity index (χ3n) is 4.96. The van der Waals surface area contributed by atoms with Crippen LogP contribution >= 0.6 is 0 Å². The standard InChI is InChI=1S/C18H22N6O3/c25-16-12-24(11-13(16)7-14-8-19-1-2-21-14)17-10-20-9-15(22-17)18(26)23-3-5-27-6-4-23/h1-2,8-10,13,16,25H,3-7,11-12H2/t13-,16-/m1/s1. The summed E-state index contributed by atoms with van der Waals surface area (Å²) >= 11 is 0. The number of rotatable bonds is 4. The molecule has 1 N–H and O–H groups in total. The summed E-state index contributed by atoms with van der Waals surface area (Å²) in [7, 11) is 0. The van der Waals surface area contributed by atoms with Crippen molar-refractivity contribution < 1.29 is 14.6 Å². The molecule has 2 saturated heterocycles. The first kappa shape index (κ1) is 17.7. The summed E-state index contributed by atoms with van der Waals surface area (Å²) in [6, 6.07) is 0. The smallest absolute Gasteiger partial charge is 0.274 e. The maximum atomic E-state index is 12.6. The van der Waals surface area contributed by atoms with Crippen LogP contribution < -0.4 is 4.90 Å². The lowest BCUT2D eigenvalue weighted by molar-refractivity contribution is 0.0299. The van der Waals surface area contributed by atoms with Crippen molar-refractivity contribution in [1.29, 1.82) is 0 Å². The monoisotopic (exact) mass is 370 g/mol. The van der Waals surface area contributed by atoms with Gasteiger partial charge in [0, 0.05) is 50.7 Å². The van der Waals surface area contributed by atoms with E-state index in [1.54, 1.807) is 29.7 Å². The van der Waals surface area contributed by atoms with Crippen LogP contribution in [0.25, 0.3) is 0 Å². The lowest BCUT2D eigenvalue weighted by Crippen LogP contribution is -2.41. The quantitative estimate of drug-likeness (QED) is 0.788. The van der Waals surface area contributed by atoms with Crippen LogP contribution in [0.3, 0.4) is 0 Å². The highest BCUT2D eigenvalue weighted by atomic mass is 16.5. The number of carbonyl (C=O) groups is 1. The van der Waals surface area contributed by atoms with Gasteiger partial charge < -0.3 is 19.6 Å². The third-order valence-corrected chi connectivity index (χ3v) is 4.96. The molecule has 27 heavy (non-hydrogen) atoms. The molecule has 9 nitrogen and oxygen atoms in total. The molecule has 0 radical (unpaired) electrons. The van der Waals surface area contributed by atoms with Gasteiger partial charge in [0.15, 0.2) is 0 Å². The second-order valence-corrected chi connectivity index (χ2v) is 6.80. The first-order valence-electron chi connectivity index (χ1n) is 9.07. The van der Waals surface area contributed by atoms with E-state index in [2.05, 4.69) is 19.9 Å². The number of aliphatic hydroxyl groups is 1. The van der Waals surface area contributed by atoms with Crippen molar-refractivity contribution in [3.63, 3.8) is 0 Å². The molecule has 4 heterocycles. The highest BCUT2D eigenvalue weighted by Gasteiger charge is 2.33. The van der Waals surface area contributed by atoms with Crippen LogP contribution in [0.15, 0.2) is 31.0 Å². The highest BCUT2D eigenvalue weighted by molar-refractivity contribution is 5.92.